The minimum absolute atomic E-state index is 0.229. The van der Waals surface area contributed by atoms with Gasteiger partial charge in [0.2, 0.25) is 0 Å². The van der Waals surface area contributed by atoms with Gasteiger partial charge in [-0.1, -0.05) is 19.1 Å². The van der Waals surface area contributed by atoms with Crippen molar-refractivity contribution in [3.05, 3.63) is 29.8 Å². The summed E-state index contributed by atoms with van der Waals surface area (Å²) in [5.74, 6) is 0.501. The monoisotopic (exact) mass is 298 g/mol. The molecule has 0 aromatic heterocycles. The van der Waals surface area contributed by atoms with Crippen LogP contribution in [0.15, 0.2) is 24.3 Å². The molecule has 20 heavy (non-hydrogen) atoms. The van der Waals surface area contributed by atoms with Crippen LogP contribution < -0.4 is 5.73 Å². The van der Waals surface area contributed by atoms with E-state index in [0.717, 1.165) is 18.8 Å². The Bertz CT molecular complexity index is 495. The predicted molar refractivity (Wildman–Crippen MR) is 85.3 cm³/mol. The Kier molecular flexibility index (Phi) is 6.49. The first-order valence-electron chi connectivity index (χ1n) is 7.13. The lowest BCUT2D eigenvalue weighted by Crippen LogP contribution is -2.32. The van der Waals surface area contributed by atoms with E-state index in [2.05, 4.69) is 18.7 Å². The van der Waals surface area contributed by atoms with Crippen LogP contribution in [0.1, 0.15) is 32.8 Å². The molecule has 0 unspecified atom stereocenters. The Morgan fingerprint density at radius 1 is 1.20 bits per heavy atom. The lowest BCUT2D eigenvalue weighted by molar-refractivity contribution is 0.213. The average Bonchev–Trinajstić information content (AvgIpc) is 2.39. The van der Waals surface area contributed by atoms with E-state index in [0.29, 0.717) is 12.5 Å². The highest BCUT2D eigenvalue weighted by Crippen LogP contribution is 2.11. The second kappa shape index (κ2) is 7.64. The van der Waals surface area contributed by atoms with Crippen LogP contribution in [0.5, 0.6) is 0 Å². The van der Waals surface area contributed by atoms with Gasteiger partial charge in [0.25, 0.3) is 0 Å². The number of nitrogens with zero attached hydrogens (tertiary/aromatic N) is 1. The molecule has 0 bridgehead atoms. The first-order valence-corrected chi connectivity index (χ1v) is 8.95. The molecule has 0 aliphatic carbocycles. The highest BCUT2D eigenvalue weighted by atomic mass is 32.2. The van der Waals surface area contributed by atoms with E-state index in [1.165, 1.54) is 5.56 Å². The topological polar surface area (TPSA) is 63.4 Å². The van der Waals surface area contributed by atoms with Crippen molar-refractivity contribution in [2.75, 3.05) is 23.8 Å². The number of hydrogen-bond donors (Lipinski definition) is 1. The SMILES string of the molecule is CCS(=O)(=O)CCCN(Cc1ccc(N)cc1)C(C)C. The molecule has 0 fully saturated rings. The number of rotatable bonds is 8. The quantitative estimate of drug-likeness (QED) is 0.748. The lowest BCUT2D eigenvalue weighted by atomic mass is 10.1. The molecule has 0 spiro atoms. The van der Waals surface area contributed by atoms with Crippen molar-refractivity contribution in [3.63, 3.8) is 0 Å². The van der Waals surface area contributed by atoms with Crippen molar-refractivity contribution in [3.8, 4) is 0 Å². The summed E-state index contributed by atoms with van der Waals surface area (Å²) in [6, 6.07) is 8.23. The second-order valence-corrected chi connectivity index (χ2v) is 7.87. The van der Waals surface area contributed by atoms with E-state index in [1.807, 2.05) is 24.3 Å². The van der Waals surface area contributed by atoms with E-state index >= 15 is 0 Å². The van der Waals surface area contributed by atoms with Gasteiger partial charge in [0.05, 0.1) is 5.75 Å². The maximum Gasteiger partial charge on any atom is 0.150 e. The van der Waals surface area contributed by atoms with Gasteiger partial charge < -0.3 is 5.73 Å². The van der Waals surface area contributed by atoms with E-state index in [4.69, 9.17) is 5.73 Å². The molecule has 1 aromatic carbocycles. The molecule has 1 rings (SSSR count). The van der Waals surface area contributed by atoms with Gasteiger partial charge in [-0.3, -0.25) is 4.90 Å². The van der Waals surface area contributed by atoms with Crippen molar-refractivity contribution < 1.29 is 8.42 Å². The minimum Gasteiger partial charge on any atom is -0.399 e. The molecular weight excluding hydrogens is 272 g/mol. The number of nitrogen functional groups attached to an aromatic ring is 1. The highest BCUT2D eigenvalue weighted by Gasteiger charge is 2.13. The summed E-state index contributed by atoms with van der Waals surface area (Å²) in [4.78, 5) is 2.29. The molecule has 0 aliphatic heterocycles. The van der Waals surface area contributed by atoms with E-state index < -0.39 is 9.84 Å². The molecular formula is C15H26N2O2S. The standard InChI is InChI=1S/C15H26N2O2S/c1-4-20(18,19)11-5-10-17(13(2)3)12-14-6-8-15(16)9-7-14/h6-9,13H,4-5,10-12,16H2,1-3H3. The predicted octanol–water partition coefficient (Wildman–Crippen LogP) is 2.30. The van der Waals surface area contributed by atoms with Crippen molar-refractivity contribution in [1.29, 1.82) is 0 Å². The van der Waals surface area contributed by atoms with E-state index in [-0.39, 0.29) is 11.5 Å². The first-order chi connectivity index (χ1) is 9.34. The normalized spacial score (nSPS) is 12.2. The van der Waals surface area contributed by atoms with Crippen molar-refractivity contribution >= 4 is 15.5 Å². The number of sulfone groups is 1. The molecule has 0 aliphatic rings. The zero-order valence-electron chi connectivity index (χ0n) is 12.7. The van der Waals surface area contributed by atoms with Crippen LogP contribution in [0, 0.1) is 0 Å². The molecule has 4 nitrogen and oxygen atoms in total. The summed E-state index contributed by atoms with van der Waals surface area (Å²) >= 11 is 0. The molecule has 0 atom stereocenters. The second-order valence-electron chi connectivity index (χ2n) is 5.40. The highest BCUT2D eigenvalue weighted by molar-refractivity contribution is 7.91. The van der Waals surface area contributed by atoms with Crippen molar-refractivity contribution in [1.82, 2.24) is 4.90 Å². The van der Waals surface area contributed by atoms with Crippen molar-refractivity contribution in [2.45, 2.75) is 39.8 Å². The third kappa shape index (κ3) is 5.92. The van der Waals surface area contributed by atoms with E-state index in [9.17, 15) is 8.42 Å². The van der Waals surface area contributed by atoms with Crippen molar-refractivity contribution in [2.24, 2.45) is 0 Å². The van der Waals surface area contributed by atoms with Gasteiger partial charge in [0, 0.05) is 24.0 Å². The van der Waals surface area contributed by atoms with Gasteiger partial charge in [-0.05, 0) is 44.5 Å². The average molecular weight is 298 g/mol. The van der Waals surface area contributed by atoms with Crippen LogP contribution in [0.4, 0.5) is 5.69 Å². The molecule has 0 amide bonds. The van der Waals surface area contributed by atoms with E-state index in [1.54, 1.807) is 6.92 Å². The number of nitrogens with two attached hydrogens (primary N) is 1. The third-order valence-electron chi connectivity index (χ3n) is 3.44. The van der Waals surface area contributed by atoms with Crippen LogP contribution in [-0.4, -0.2) is 37.4 Å². The molecule has 5 heteroatoms. The molecule has 0 heterocycles. The molecule has 1 aromatic rings. The molecule has 0 saturated carbocycles. The number of hydrogen-bond acceptors (Lipinski definition) is 4. The maximum absolute atomic E-state index is 11.5. The van der Waals surface area contributed by atoms with Gasteiger partial charge in [-0.15, -0.1) is 0 Å². The molecule has 114 valence electrons. The maximum atomic E-state index is 11.5. The summed E-state index contributed by atoms with van der Waals surface area (Å²) in [5.41, 5.74) is 7.64. The number of benzene rings is 1. The Morgan fingerprint density at radius 3 is 2.30 bits per heavy atom. The largest absolute Gasteiger partial charge is 0.399 e. The Hall–Kier alpha value is -1.07. The fourth-order valence-corrected chi connectivity index (χ4v) is 2.87. The van der Waals surface area contributed by atoms with Gasteiger partial charge in [-0.25, -0.2) is 8.42 Å². The van der Waals surface area contributed by atoms with Gasteiger partial charge in [0.15, 0.2) is 0 Å². The van der Waals surface area contributed by atoms with Gasteiger partial charge in [0.1, 0.15) is 9.84 Å². The zero-order valence-corrected chi connectivity index (χ0v) is 13.5. The van der Waals surface area contributed by atoms with Gasteiger partial charge in [-0.2, -0.15) is 0 Å². The van der Waals surface area contributed by atoms with Crippen LogP contribution in [0.3, 0.4) is 0 Å². The summed E-state index contributed by atoms with van der Waals surface area (Å²) in [5, 5.41) is 0. The Balaban J connectivity index is 2.55. The summed E-state index contributed by atoms with van der Waals surface area (Å²) < 4.78 is 23.0. The Labute approximate surface area is 122 Å². The summed E-state index contributed by atoms with van der Waals surface area (Å²) in [7, 11) is -2.86. The summed E-state index contributed by atoms with van der Waals surface area (Å²) in [6.45, 7) is 7.58. The third-order valence-corrected chi connectivity index (χ3v) is 5.23. The van der Waals surface area contributed by atoms with Gasteiger partial charge >= 0.3 is 0 Å². The van der Waals surface area contributed by atoms with Crippen LogP contribution in [0.25, 0.3) is 0 Å². The molecule has 0 radical (unpaired) electrons. The summed E-state index contributed by atoms with van der Waals surface area (Å²) in [6.07, 6.45) is 0.684. The minimum atomic E-state index is -2.86. The molecule has 0 saturated heterocycles. The fraction of sp³-hybridized carbons (Fsp3) is 0.600. The van der Waals surface area contributed by atoms with Crippen LogP contribution >= 0.6 is 0 Å². The lowest BCUT2D eigenvalue weighted by Gasteiger charge is -2.26. The molecule has 2 N–H and O–H groups in total. The zero-order chi connectivity index (χ0) is 15.2. The Morgan fingerprint density at radius 2 is 1.80 bits per heavy atom. The first kappa shape index (κ1) is 17.0. The smallest absolute Gasteiger partial charge is 0.150 e. The number of anilines is 1. The van der Waals surface area contributed by atoms with Crippen LogP contribution in [-0.2, 0) is 16.4 Å². The van der Waals surface area contributed by atoms with Crippen LogP contribution in [0.2, 0.25) is 0 Å². The fourth-order valence-electron chi connectivity index (χ4n) is 2.01.